The van der Waals surface area contributed by atoms with Crippen molar-refractivity contribution in [3.63, 3.8) is 0 Å². The molecule has 4 heteroatoms. The van der Waals surface area contributed by atoms with Gasteiger partial charge in [-0.3, -0.25) is 4.79 Å². The van der Waals surface area contributed by atoms with Crippen LogP contribution in [0.3, 0.4) is 0 Å². The lowest BCUT2D eigenvalue weighted by molar-refractivity contribution is 0.0985. The van der Waals surface area contributed by atoms with Crippen molar-refractivity contribution < 1.29 is 9.53 Å². The molecule has 0 aliphatic heterocycles. The van der Waals surface area contributed by atoms with Crippen molar-refractivity contribution in [1.82, 2.24) is 0 Å². The average Bonchev–Trinajstić information content (AvgIpc) is 2.62. The molecular formula is C20H18ClNO2. The summed E-state index contributed by atoms with van der Waals surface area (Å²) < 4.78 is 5.33. The fourth-order valence-corrected chi connectivity index (χ4v) is 3.02. The highest BCUT2D eigenvalue weighted by atomic mass is 35.5. The van der Waals surface area contributed by atoms with Crippen LogP contribution in [0.1, 0.15) is 17.3 Å². The first kappa shape index (κ1) is 16.3. The highest BCUT2D eigenvalue weighted by Crippen LogP contribution is 2.30. The summed E-state index contributed by atoms with van der Waals surface area (Å²) in [4.78, 5) is 14.9. The molecule has 3 aromatic rings. The van der Waals surface area contributed by atoms with Crippen molar-refractivity contribution in [2.75, 3.05) is 18.6 Å². The van der Waals surface area contributed by atoms with Crippen LogP contribution >= 0.6 is 11.6 Å². The zero-order chi connectivity index (χ0) is 17.1. The summed E-state index contributed by atoms with van der Waals surface area (Å²) in [5, 5.41) is 2.68. The zero-order valence-electron chi connectivity index (χ0n) is 13.6. The van der Waals surface area contributed by atoms with Crippen molar-refractivity contribution >= 4 is 34.0 Å². The Morgan fingerprint density at radius 2 is 1.83 bits per heavy atom. The number of carbonyl (C=O) groups excluding carboxylic acids is 1. The van der Waals surface area contributed by atoms with E-state index >= 15 is 0 Å². The molecule has 0 N–H and O–H groups in total. The zero-order valence-corrected chi connectivity index (χ0v) is 14.4. The van der Waals surface area contributed by atoms with Crippen LogP contribution in [0.5, 0.6) is 5.75 Å². The molecule has 0 bridgehead atoms. The lowest BCUT2D eigenvalue weighted by Crippen LogP contribution is -2.31. The predicted octanol–water partition coefficient (Wildman–Crippen LogP) is 5.17. The molecule has 0 aliphatic carbocycles. The minimum Gasteiger partial charge on any atom is -0.496 e. The first-order chi connectivity index (χ1) is 11.7. The average molecular weight is 340 g/mol. The van der Waals surface area contributed by atoms with E-state index in [4.69, 9.17) is 16.3 Å². The topological polar surface area (TPSA) is 29.5 Å². The molecule has 122 valence electrons. The van der Waals surface area contributed by atoms with Gasteiger partial charge in [-0.2, -0.15) is 0 Å². The molecule has 0 spiro atoms. The van der Waals surface area contributed by atoms with E-state index in [1.54, 1.807) is 23.1 Å². The normalized spacial score (nSPS) is 10.6. The predicted molar refractivity (Wildman–Crippen MR) is 99.3 cm³/mol. The van der Waals surface area contributed by atoms with Crippen LogP contribution in [0.25, 0.3) is 10.8 Å². The third-order valence-corrected chi connectivity index (χ3v) is 4.25. The standard InChI is InChI=1S/C20H18ClNO2/c1-3-22(18-10-6-8-14-7-4-5-9-16(14)18)20(23)17-12-11-15(21)13-19(17)24-2/h4-13H,3H2,1-2H3. The van der Waals surface area contributed by atoms with E-state index < -0.39 is 0 Å². The van der Waals surface area contributed by atoms with E-state index in [2.05, 4.69) is 0 Å². The highest BCUT2D eigenvalue weighted by Gasteiger charge is 2.21. The minimum absolute atomic E-state index is 0.109. The maximum Gasteiger partial charge on any atom is 0.262 e. The molecule has 3 nitrogen and oxygen atoms in total. The number of carbonyl (C=O) groups is 1. The van der Waals surface area contributed by atoms with Gasteiger partial charge in [0.25, 0.3) is 5.91 Å². The number of amides is 1. The molecule has 3 aromatic carbocycles. The number of benzene rings is 3. The van der Waals surface area contributed by atoms with Gasteiger partial charge in [-0.25, -0.2) is 0 Å². The number of ether oxygens (including phenoxy) is 1. The van der Waals surface area contributed by atoms with Gasteiger partial charge in [0, 0.05) is 17.0 Å². The Bertz CT molecular complexity index is 886. The van der Waals surface area contributed by atoms with Crippen LogP contribution in [-0.2, 0) is 0 Å². The highest BCUT2D eigenvalue weighted by molar-refractivity contribution is 6.31. The third kappa shape index (κ3) is 2.95. The van der Waals surface area contributed by atoms with Crippen molar-refractivity contribution in [3.05, 3.63) is 71.2 Å². The van der Waals surface area contributed by atoms with Crippen LogP contribution in [0.4, 0.5) is 5.69 Å². The fourth-order valence-electron chi connectivity index (χ4n) is 2.85. The molecule has 0 fully saturated rings. The fraction of sp³-hybridized carbons (Fsp3) is 0.150. The number of hydrogen-bond donors (Lipinski definition) is 0. The first-order valence-corrected chi connectivity index (χ1v) is 8.16. The minimum atomic E-state index is -0.109. The number of rotatable bonds is 4. The van der Waals surface area contributed by atoms with Crippen LogP contribution in [0, 0.1) is 0 Å². The van der Waals surface area contributed by atoms with Crippen molar-refractivity contribution in [2.24, 2.45) is 0 Å². The van der Waals surface area contributed by atoms with Crippen LogP contribution in [0.2, 0.25) is 5.02 Å². The Balaban J connectivity index is 2.10. The quantitative estimate of drug-likeness (QED) is 0.656. The number of methoxy groups -OCH3 is 1. The number of nitrogens with zero attached hydrogens (tertiary/aromatic N) is 1. The Morgan fingerprint density at radius 3 is 2.58 bits per heavy atom. The van der Waals surface area contributed by atoms with E-state index in [9.17, 15) is 4.79 Å². The lowest BCUT2D eigenvalue weighted by atomic mass is 10.1. The summed E-state index contributed by atoms with van der Waals surface area (Å²) in [5.74, 6) is 0.369. The summed E-state index contributed by atoms with van der Waals surface area (Å²) >= 11 is 6.00. The summed E-state index contributed by atoms with van der Waals surface area (Å²) in [6.45, 7) is 2.51. The van der Waals surface area contributed by atoms with Crippen molar-refractivity contribution in [1.29, 1.82) is 0 Å². The molecule has 0 aromatic heterocycles. The summed E-state index contributed by atoms with van der Waals surface area (Å²) in [6.07, 6.45) is 0. The van der Waals surface area contributed by atoms with Gasteiger partial charge in [0.1, 0.15) is 5.75 Å². The molecule has 0 aliphatic rings. The van der Waals surface area contributed by atoms with Gasteiger partial charge in [-0.05, 0) is 36.6 Å². The molecule has 0 radical (unpaired) electrons. The van der Waals surface area contributed by atoms with Gasteiger partial charge in [0.2, 0.25) is 0 Å². The SMILES string of the molecule is CCN(C(=O)c1ccc(Cl)cc1OC)c1cccc2ccccc12. The van der Waals surface area contributed by atoms with E-state index in [1.165, 1.54) is 7.11 Å². The number of halogens is 1. The largest absolute Gasteiger partial charge is 0.496 e. The number of fused-ring (bicyclic) bond motifs is 1. The second-order valence-electron chi connectivity index (χ2n) is 5.39. The van der Waals surface area contributed by atoms with Gasteiger partial charge in [-0.15, -0.1) is 0 Å². The Kier molecular flexibility index (Phi) is 4.72. The molecule has 24 heavy (non-hydrogen) atoms. The second-order valence-corrected chi connectivity index (χ2v) is 5.83. The van der Waals surface area contributed by atoms with Gasteiger partial charge >= 0.3 is 0 Å². The monoisotopic (exact) mass is 339 g/mol. The first-order valence-electron chi connectivity index (χ1n) is 7.79. The molecule has 0 saturated carbocycles. The van der Waals surface area contributed by atoms with Crippen molar-refractivity contribution in [2.45, 2.75) is 6.92 Å². The Hall–Kier alpha value is -2.52. The maximum atomic E-state index is 13.1. The maximum absolute atomic E-state index is 13.1. The van der Waals surface area contributed by atoms with E-state index in [-0.39, 0.29) is 5.91 Å². The Morgan fingerprint density at radius 1 is 1.08 bits per heavy atom. The van der Waals surface area contributed by atoms with Gasteiger partial charge in [0.15, 0.2) is 0 Å². The van der Waals surface area contributed by atoms with E-state index in [1.807, 2.05) is 49.4 Å². The van der Waals surface area contributed by atoms with Gasteiger partial charge in [-0.1, -0.05) is 48.0 Å². The summed E-state index contributed by atoms with van der Waals surface area (Å²) in [7, 11) is 1.54. The van der Waals surface area contributed by atoms with Crippen LogP contribution in [0.15, 0.2) is 60.7 Å². The number of hydrogen-bond acceptors (Lipinski definition) is 2. The molecule has 0 unspecified atom stereocenters. The van der Waals surface area contributed by atoms with Gasteiger partial charge in [0.05, 0.1) is 18.4 Å². The molecule has 0 saturated heterocycles. The summed E-state index contributed by atoms with van der Waals surface area (Å²) in [5.41, 5.74) is 1.38. The van der Waals surface area contributed by atoms with Gasteiger partial charge < -0.3 is 9.64 Å². The molecule has 1 amide bonds. The second kappa shape index (κ2) is 6.93. The number of anilines is 1. The van der Waals surface area contributed by atoms with E-state index in [0.717, 1.165) is 16.5 Å². The Labute approximate surface area is 146 Å². The molecular weight excluding hydrogens is 322 g/mol. The third-order valence-electron chi connectivity index (χ3n) is 4.01. The van der Waals surface area contributed by atoms with Crippen LogP contribution < -0.4 is 9.64 Å². The lowest BCUT2D eigenvalue weighted by Gasteiger charge is -2.23. The van der Waals surface area contributed by atoms with Crippen molar-refractivity contribution in [3.8, 4) is 5.75 Å². The summed E-state index contributed by atoms with van der Waals surface area (Å²) in [6, 6.07) is 19.1. The van der Waals surface area contributed by atoms with Crippen LogP contribution in [-0.4, -0.2) is 19.6 Å². The van der Waals surface area contributed by atoms with E-state index in [0.29, 0.717) is 22.9 Å². The molecule has 0 atom stereocenters. The smallest absolute Gasteiger partial charge is 0.262 e. The molecule has 0 heterocycles. The molecule has 3 rings (SSSR count).